The van der Waals surface area contributed by atoms with Crippen LogP contribution in [0, 0.1) is 5.82 Å². The van der Waals surface area contributed by atoms with Crippen molar-refractivity contribution in [1.82, 2.24) is 14.6 Å². The number of benzene rings is 1. The normalized spacial score (nSPS) is 11.1. The van der Waals surface area contributed by atoms with Gasteiger partial charge in [0.2, 0.25) is 0 Å². The summed E-state index contributed by atoms with van der Waals surface area (Å²) in [6.07, 6.45) is 3.23. The van der Waals surface area contributed by atoms with Crippen LogP contribution in [-0.2, 0) is 0 Å². The van der Waals surface area contributed by atoms with Crippen molar-refractivity contribution in [1.29, 1.82) is 0 Å². The average Bonchev–Trinajstić information content (AvgIpc) is 3.17. The lowest BCUT2D eigenvalue weighted by Gasteiger charge is -2.01. The SMILES string of the molecule is O=c1c(-c2ccsc2)cnc2c(-c3cccc(F)c3)c[nH]n12. The Bertz CT molecular complexity index is 1020. The maximum Gasteiger partial charge on any atom is 0.280 e. The number of H-pyrrole nitrogens is 1. The molecule has 0 aliphatic heterocycles. The Balaban J connectivity index is 1.95. The van der Waals surface area contributed by atoms with E-state index in [9.17, 15) is 9.18 Å². The molecule has 3 heterocycles. The third-order valence-corrected chi connectivity index (χ3v) is 4.19. The van der Waals surface area contributed by atoms with Gasteiger partial charge in [-0.05, 0) is 40.1 Å². The molecule has 0 saturated heterocycles. The van der Waals surface area contributed by atoms with Gasteiger partial charge in [0.05, 0.1) is 5.56 Å². The molecule has 6 heteroatoms. The third kappa shape index (κ3) is 1.96. The van der Waals surface area contributed by atoms with Crippen molar-refractivity contribution in [2.24, 2.45) is 0 Å². The molecule has 4 aromatic rings. The van der Waals surface area contributed by atoms with Crippen molar-refractivity contribution in [3.05, 3.63) is 69.7 Å². The Morgan fingerprint density at radius 3 is 2.86 bits per heavy atom. The molecule has 0 bridgehead atoms. The highest BCUT2D eigenvalue weighted by molar-refractivity contribution is 7.08. The molecule has 1 aromatic carbocycles. The van der Waals surface area contributed by atoms with Crippen molar-refractivity contribution >= 4 is 17.0 Å². The second-order valence-corrected chi connectivity index (χ2v) is 5.63. The molecule has 1 N–H and O–H groups in total. The summed E-state index contributed by atoms with van der Waals surface area (Å²) in [6, 6.07) is 8.10. The van der Waals surface area contributed by atoms with Gasteiger partial charge >= 0.3 is 0 Å². The smallest absolute Gasteiger partial charge is 0.280 e. The molecule has 0 fully saturated rings. The molecule has 108 valence electrons. The highest BCUT2D eigenvalue weighted by atomic mass is 32.1. The molecular weight excluding hydrogens is 301 g/mol. The molecule has 0 aliphatic carbocycles. The summed E-state index contributed by atoms with van der Waals surface area (Å²) >= 11 is 1.52. The first-order valence-electron chi connectivity index (χ1n) is 6.62. The standard InChI is InChI=1S/C16H10FN3OS/c17-12-3-1-2-10(6-12)13-8-19-20-15(13)18-7-14(16(20)21)11-4-5-22-9-11/h1-9,19H. The van der Waals surface area contributed by atoms with Gasteiger partial charge in [0.15, 0.2) is 5.65 Å². The molecule has 0 unspecified atom stereocenters. The zero-order valence-electron chi connectivity index (χ0n) is 11.3. The lowest BCUT2D eigenvalue weighted by Crippen LogP contribution is -2.16. The summed E-state index contributed by atoms with van der Waals surface area (Å²) in [5.41, 5.74) is 3.05. The molecule has 4 rings (SSSR count). The Labute approximate surface area is 128 Å². The fraction of sp³-hybridized carbons (Fsp3) is 0. The van der Waals surface area contributed by atoms with E-state index in [4.69, 9.17) is 0 Å². The second kappa shape index (κ2) is 4.92. The Morgan fingerprint density at radius 1 is 1.18 bits per heavy atom. The van der Waals surface area contributed by atoms with E-state index >= 15 is 0 Å². The van der Waals surface area contributed by atoms with Gasteiger partial charge < -0.3 is 0 Å². The Hall–Kier alpha value is -2.73. The van der Waals surface area contributed by atoms with Gasteiger partial charge in [0, 0.05) is 18.0 Å². The van der Waals surface area contributed by atoms with Crippen molar-refractivity contribution in [2.45, 2.75) is 0 Å². The lowest BCUT2D eigenvalue weighted by molar-refractivity contribution is 0.628. The summed E-state index contributed by atoms with van der Waals surface area (Å²) in [6.45, 7) is 0. The van der Waals surface area contributed by atoms with E-state index in [2.05, 4.69) is 10.1 Å². The number of hydrogen-bond donors (Lipinski definition) is 1. The topological polar surface area (TPSA) is 50.2 Å². The highest BCUT2D eigenvalue weighted by Crippen LogP contribution is 2.24. The van der Waals surface area contributed by atoms with Crippen LogP contribution in [0.25, 0.3) is 27.9 Å². The average molecular weight is 311 g/mol. The van der Waals surface area contributed by atoms with E-state index in [0.29, 0.717) is 22.3 Å². The number of fused-ring (bicyclic) bond motifs is 1. The van der Waals surface area contributed by atoms with E-state index in [1.165, 1.54) is 28.0 Å². The fourth-order valence-electron chi connectivity index (χ4n) is 2.44. The van der Waals surface area contributed by atoms with E-state index < -0.39 is 0 Å². The first-order chi connectivity index (χ1) is 10.7. The second-order valence-electron chi connectivity index (χ2n) is 4.85. The summed E-state index contributed by atoms with van der Waals surface area (Å²) in [5.74, 6) is -0.325. The van der Waals surface area contributed by atoms with E-state index in [-0.39, 0.29) is 11.4 Å². The number of nitrogens with zero attached hydrogens (tertiary/aromatic N) is 2. The van der Waals surface area contributed by atoms with Gasteiger partial charge in [-0.2, -0.15) is 11.3 Å². The number of aromatic amines is 1. The fourth-order valence-corrected chi connectivity index (χ4v) is 3.10. The monoisotopic (exact) mass is 311 g/mol. The first kappa shape index (κ1) is 13.0. The van der Waals surface area contributed by atoms with Gasteiger partial charge in [0.25, 0.3) is 5.56 Å². The number of aromatic nitrogens is 3. The number of nitrogens with one attached hydrogen (secondary N) is 1. The lowest BCUT2D eigenvalue weighted by atomic mass is 10.1. The number of hydrogen-bond acceptors (Lipinski definition) is 3. The molecular formula is C16H10FN3OS. The van der Waals surface area contributed by atoms with Gasteiger partial charge in [-0.1, -0.05) is 12.1 Å². The van der Waals surface area contributed by atoms with Crippen molar-refractivity contribution in [3.8, 4) is 22.3 Å². The van der Waals surface area contributed by atoms with E-state index in [0.717, 1.165) is 5.56 Å². The number of halogens is 1. The molecule has 0 radical (unpaired) electrons. The predicted molar refractivity (Wildman–Crippen MR) is 84.5 cm³/mol. The molecule has 22 heavy (non-hydrogen) atoms. The number of thiophene rings is 1. The molecule has 3 aromatic heterocycles. The van der Waals surface area contributed by atoms with Gasteiger partial charge in [-0.25, -0.2) is 13.9 Å². The van der Waals surface area contributed by atoms with Crippen molar-refractivity contribution < 1.29 is 4.39 Å². The minimum atomic E-state index is -0.325. The van der Waals surface area contributed by atoms with Crippen LogP contribution in [-0.4, -0.2) is 14.6 Å². The number of rotatable bonds is 2. The van der Waals surface area contributed by atoms with Crippen LogP contribution in [0.2, 0.25) is 0 Å². The quantitative estimate of drug-likeness (QED) is 0.615. The Morgan fingerprint density at radius 2 is 2.09 bits per heavy atom. The van der Waals surface area contributed by atoms with Crippen LogP contribution >= 0.6 is 11.3 Å². The van der Waals surface area contributed by atoms with Crippen molar-refractivity contribution in [3.63, 3.8) is 0 Å². The summed E-state index contributed by atoms with van der Waals surface area (Å²) in [7, 11) is 0. The molecule has 0 aliphatic rings. The largest absolute Gasteiger partial charge is 0.296 e. The summed E-state index contributed by atoms with van der Waals surface area (Å²) in [4.78, 5) is 16.9. The van der Waals surface area contributed by atoms with Crippen LogP contribution in [0.15, 0.2) is 58.3 Å². The molecule has 0 spiro atoms. The maximum absolute atomic E-state index is 13.4. The van der Waals surface area contributed by atoms with Crippen LogP contribution in [0.4, 0.5) is 4.39 Å². The van der Waals surface area contributed by atoms with Crippen LogP contribution < -0.4 is 5.56 Å². The molecule has 0 atom stereocenters. The maximum atomic E-state index is 13.4. The minimum Gasteiger partial charge on any atom is -0.296 e. The van der Waals surface area contributed by atoms with Gasteiger partial charge in [-0.3, -0.25) is 9.89 Å². The minimum absolute atomic E-state index is 0.175. The predicted octanol–water partition coefficient (Wildman–Crippen LogP) is 3.56. The summed E-state index contributed by atoms with van der Waals surface area (Å²) in [5, 5.41) is 6.72. The zero-order valence-corrected chi connectivity index (χ0v) is 12.1. The summed E-state index contributed by atoms with van der Waals surface area (Å²) < 4.78 is 14.8. The molecule has 4 nitrogen and oxygen atoms in total. The molecule has 0 saturated carbocycles. The van der Waals surface area contributed by atoms with Crippen LogP contribution in [0.1, 0.15) is 0 Å². The highest BCUT2D eigenvalue weighted by Gasteiger charge is 2.13. The van der Waals surface area contributed by atoms with Crippen LogP contribution in [0.3, 0.4) is 0 Å². The van der Waals surface area contributed by atoms with Crippen LogP contribution in [0.5, 0.6) is 0 Å². The molecule has 0 amide bonds. The third-order valence-electron chi connectivity index (χ3n) is 3.51. The van der Waals surface area contributed by atoms with Crippen molar-refractivity contribution in [2.75, 3.05) is 0 Å². The van der Waals surface area contributed by atoms with Gasteiger partial charge in [0.1, 0.15) is 5.82 Å². The van der Waals surface area contributed by atoms with Gasteiger partial charge in [-0.15, -0.1) is 0 Å². The first-order valence-corrected chi connectivity index (χ1v) is 7.56. The zero-order chi connectivity index (χ0) is 15.1. The Kier molecular flexibility index (Phi) is 2.90. The van der Waals surface area contributed by atoms with E-state index in [1.54, 1.807) is 24.5 Å². The van der Waals surface area contributed by atoms with E-state index in [1.807, 2.05) is 16.8 Å².